The molecule has 0 amide bonds. The summed E-state index contributed by atoms with van der Waals surface area (Å²) in [6, 6.07) is 4.59. The highest BCUT2D eigenvalue weighted by Crippen LogP contribution is 2.34. The highest BCUT2D eigenvalue weighted by molar-refractivity contribution is 7.10. The minimum Gasteiger partial charge on any atom is -0.376 e. The first-order valence-electron chi connectivity index (χ1n) is 6.39. The van der Waals surface area contributed by atoms with Gasteiger partial charge in [0.25, 0.3) is 0 Å². The van der Waals surface area contributed by atoms with Gasteiger partial charge in [0.15, 0.2) is 0 Å². The average Bonchev–Trinajstić information content (AvgIpc) is 2.75. The van der Waals surface area contributed by atoms with Crippen molar-refractivity contribution in [2.24, 2.45) is 5.41 Å². The van der Waals surface area contributed by atoms with Gasteiger partial charge in [-0.15, -0.1) is 11.3 Å². The Balaban J connectivity index is 2.93. The molecule has 1 N–H and O–H groups in total. The first kappa shape index (κ1) is 14.7. The number of nitrogens with one attached hydrogen (secondary N) is 1. The number of likely N-dealkylation sites (N-methyl/N-ethyl adjacent to an activating group) is 1. The molecule has 98 valence electrons. The van der Waals surface area contributed by atoms with Gasteiger partial charge in [-0.3, -0.25) is 0 Å². The molecule has 1 rings (SSSR count). The number of hydrogen-bond donors (Lipinski definition) is 1. The minimum atomic E-state index is 0.132. The highest BCUT2D eigenvalue weighted by Gasteiger charge is 2.33. The molecular formula is C14H25NOS. The van der Waals surface area contributed by atoms with Crippen molar-refractivity contribution >= 4 is 11.3 Å². The van der Waals surface area contributed by atoms with Crippen LogP contribution in [0.1, 0.15) is 45.5 Å². The monoisotopic (exact) mass is 255 g/mol. The third kappa shape index (κ3) is 4.09. The molecule has 0 spiro atoms. The predicted molar refractivity (Wildman–Crippen MR) is 75.6 cm³/mol. The van der Waals surface area contributed by atoms with Gasteiger partial charge >= 0.3 is 0 Å². The lowest BCUT2D eigenvalue weighted by atomic mass is 9.84. The van der Waals surface area contributed by atoms with E-state index in [1.54, 1.807) is 11.3 Å². The first-order valence-corrected chi connectivity index (χ1v) is 7.27. The normalized spacial score (nSPS) is 15.8. The SMILES string of the molecule is CCNC(c1cccs1)C(OCC)C(C)(C)C. The van der Waals surface area contributed by atoms with E-state index in [9.17, 15) is 0 Å². The van der Waals surface area contributed by atoms with Crippen LogP contribution < -0.4 is 5.32 Å². The molecular weight excluding hydrogens is 230 g/mol. The maximum Gasteiger partial charge on any atom is 0.0825 e. The lowest BCUT2D eigenvalue weighted by molar-refractivity contribution is -0.0355. The summed E-state index contributed by atoms with van der Waals surface area (Å²) in [5.74, 6) is 0. The lowest BCUT2D eigenvalue weighted by Gasteiger charge is -2.36. The summed E-state index contributed by atoms with van der Waals surface area (Å²) in [6.07, 6.45) is 0.200. The van der Waals surface area contributed by atoms with Gasteiger partial charge in [-0.1, -0.05) is 33.8 Å². The highest BCUT2D eigenvalue weighted by atomic mass is 32.1. The molecule has 3 heteroatoms. The smallest absolute Gasteiger partial charge is 0.0825 e. The average molecular weight is 255 g/mol. The molecule has 2 atom stereocenters. The summed E-state index contributed by atoms with van der Waals surface area (Å²) >= 11 is 1.80. The van der Waals surface area contributed by atoms with Crippen LogP contribution in [0.5, 0.6) is 0 Å². The molecule has 2 unspecified atom stereocenters. The van der Waals surface area contributed by atoms with Crippen molar-refractivity contribution < 1.29 is 4.74 Å². The van der Waals surface area contributed by atoms with Crippen LogP contribution in [0, 0.1) is 5.41 Å². The lowest BCUT2D eigenvalue weighted by Crippen LogP contribution is -2.41. The number of ether oxygens (including phenoxy) is 1. The van der Waals surface area contributed by atoms with Crippen LogP contribution in [0.15, 0.2) is 17.5 Å². The largest absolute Gasteiger partial charge is 0.376 e. The predicted octanol–water partition coefficient (Wildman–Crippen LogP) is 3.85. The van der Waals surface area contributed by atoms with Crippen molar-refractivity contribution in [2.45, 2.75) is 46.8 Å². The Labute approximate surface area is 109 Å². The van der Waals surface area contributed by atoms with Gasteiger partial charge in [0.05, 0.1) is 12.1 Å². The third-order valence-corrected chi connectivity index (χ3v) is 3.73. The standard InChI is InChI=1S/C14H25NOS/c1-6-15-12(11-9-8-10-17-11)13(16-7-2)14(3,4)5/h8-10,12-13,15H,6-7H2,1-5H3. The molecule has 0 radical (unpaired) electrons. The topological polar surface area (TPSA) is 21.3 Å². The van der Waals surface area contributed by atoms with E-state index in [0.29, 0.717) is 6.04 Å². The zero-order valence-electron chi connectivity index (χ0n) is 11.6. The Morgan fingerprint density at radius 1 is 1.35 bits per heavy atom. The molecule has 2 nitrogen and oxygen atoms in total. The Hall–Kier alpha value is -0.380. The van der Waals surface area contributed by atoms with E-state index in [1.165, 1.54) is 4.88 Å². The molecule has 0 saturated heterocycles. The van der Waals surface area contributed by atoms with Crippen molar-refractivity contribution in [1.82, 2.24) is 5.32 Å². The maximum atomic E-state index is 5.99. The summed E-state index contributed by atoms with van der Waals surface area (Å²) in [5, 5.41) is 5.69. The van der Waals surface area contributed by atoms with Crippen molar-refractivity contribution in [1.29, 1.82) is 0 Å². The van der Waals surface area contributed by atoms with Crippen LogP contribution in [0.2, 0.25) is 0 Å². The zero-order valence-corrected chi connectivity index (χ0v) is 12.4. The molecule has 0 saturated carbocycles. The maximum absolute atomic E-state index is 5.99. The fourth-order valence-electron chi connectivity index (χ4n) is 2.07. The second-order valence-corrected chi connectivity index (χ2v) is 6.27. The molecule has 0 aliphatic carbocycles. The van der Waals surface area contributed by atoms with E-state index in [-0.39, 0.29) is 11.5 Å². The van der Waals surface area contributed by atoms with Crippen LogP contribution in [-0.2, 0) is 4.74 Å². The van der Waals surface area contributed by atoms with Gasteiger partial charge in [0.2, 0.25) is 0 Å². The number of hydrogen-bond acceptors (Lipinski definition) is 3. The molecule has 0 aliphatic heterocycles. The van der Waals surface area contributed by atoms with E-state index in [0.717, 1.165) is 13.2 Å². The number of thiophene rings is 1. The Bertz CT molecular complexity index is 303. The van der Waals surface area contributed by atoms with E-state index in [2.05, 4.69) is 57.4 Å². The Kier molecular flexibility index (Phi) is 5.63. The van der Waals surface area contributed by atoms with Gasteiger partial charge in [-0.05, 0) is 30.3 Å². The molecule has 1 aromatic heterocycles. The minimum absolute atomic E-state index is 0.132. The van der Waals surface area contributed by atoms with Crippen molar-refractivity contribution in [3.8, 4) is 0 Å². The second kappa shape index (κ2) is 6.53. The van der Waals surface area contributed by atoms with Crippen molar-refractivity contribution in [2.75, 3.05) is 13.2 Å². The van der Waals surface area contributed by atoms with E-state index in [4.69, 9.17) is 4.74 Å². The van der Waals surface area contributed by atoms with Crippen molar-refractivity contribution in [3.63, 3.8) is 0 Å². The Morgan fingerprint density at radius 2 is 2.06 bits per heavy atom. The molecule has 0 bridgehead atoms. The molecule has 0 aliphatic rings. The van der Waals surface area contributed by atoms with Crippen LogP contribution in [-0.4, -0.2) is 19.3 Å². The first-order chi connectivity index (χ1) is 8.00. The molecule has 0 fully saturated rings. The van der Waals surface area contributed by atoms with Gasteiger partial charge < -0.3 is 10.1 Å². The Morgan fingerprint density at radius 3 is 2.47 bits per heavy atom. The van der Waals surface area contributed by atoms with E-state index < -0.39 is 0 Å². The van der Waals surface area contributed by atoms with E-state index in [1.807, 2.05) is 0 Å². The van der Waals surface area contributed by atoms with E-state index >= 15 is 0 Å². The van der Waals surface area contributed by atoms with Crippen molar-refractivity contribution in [3.05, 3.63) is 22.4 Å². The van der Waals surface area contributed by atoms with Crippen LogP contribution in [0.4, 0.5) is 0 Å². The van der Waals surface area contributed by atoms with Gasteiger partial charge in [-0.25, -0.2) is 0 Å². The van der Waals surface area contributed by atoms with Crippen LogP contribution in [0.3, 0.4) is 0 Å². The molecule has 0 aromatic carbocycles. The summed E-state index contributed by atoms with van der Waals surface area (Å²) in [7, 11) is 0. The molecule has 1 heterocycles. The quantitative estimate of drug-likeness (QED) is 0.833. The summed E-state index contributed by atoms with van der Waals surface area (Å²) in [4.78, 5) is 1.36. The van der Waals surface area contributed by atoms with Crippen LogP contribution in [0.25, 0.3) is 0 Å². The summed E-state index contributed by atoms with van der Waals surface area (Å²) < 4.78 is 5.99. The molecule has 1 aromatic rings. The zero-order chi connectivity index (χ0) is 12.9. The summed E-state index contributed by atoms with van der Waals surface area (Å²) in [6.45, 7) is 12.7. The summed E-state index contributed by atoms with van der Waals surface area (Å²) in [5.41, 5.74) is 0.132. The van der Waals surface area contributed by atoms with Gasteiger partial charge in [-0.2, -0.15) is 0 Å². The molecule has 17 heavy (non-hydrogen) atoms. The number of rotatable bonds is 6. The second-order valence-electron chi connectivity index (χ2n) is 5.29. The third-order valence-electron chi connectivity index (χ3n) is 2.78. The van der Waals surface area contributed by atoms with Gasteiger partial charge in [0.1, 0.15) is 0 Å². The van der Waals surface area contributed by atoms with Crippen LogP contribution >= 0.6 is 11.3 Å². The van der Waals surface area contributed by atoms with Gasteiger partial charge in [0, 0.05) is 11.5 Å². The fourth-order valence-corrected chi connectivity index (χ4v) is 2.90. The fraction of sp³-hybridized carbons (Fsp3) is 0.714.